The minimum atomic E-state index is -0.974. The molecule has 0 aliphatic rings. The van der Waals surface area contributed by atoms with E-state index in [1.54, 1.807) is 20.8 Å². The Balaban J connectivity index is 2.91. The fourth-order valence-electron chi connectivity index (χ4n) is 1.59. The molecule has 1 rings (SSSR count). The van der Waals surface area contributed by atoms with E-state index in [1.165, 1.54) is 0 Å². The van der Waals surface area contributed by atoms with Gasteiger partial charge in [0.05, 0.1) is 6.04 Å². The molecular formula is C14H17F2NO3. The van der Waals surface area contributed by atoms with Gasteiger partial charge in [0.25, 0.3) is 0 Å². The number of hydrogen-bond acceptors (Lipinski definition) is 3. The van der Waals surface area contributed by atoms with Crippen molar-refractivity contribution in [1.82, 2.24) is 5.32 Å². The van der Waals surface area contributed by atoms with Crippen LogP contribution in [0.2, 0.25) is 0 Å². The molecule has 1 atom stereocenters. The monoisotopic (exact) mass is 285 g/mol. The Morgan fingerprint density at radius 3 is 2.60 bits per heavy atom. The van der Waals surface area contributed by atoms with E-state index in [2.05, 4.69) is 5.32 Å². The van der Waals surface area contributed by atoms with E-state index in [9.17, 15) is 18.4 Å². The summed E-state index contributed by atoms with van der Waals surface area (Å²) in [5.74, 6) is -1.35. The number of ether oxygens (including phenoxy) is 1. The number of carbonyl (C=O) groups is 2. The molecule has 0 saturated heterocycles. The van der Waals surface area contributed by atoms with Crippen molar-refractivity contribution in [2.24, 2.45) is 0 Å². The molecule has 0 bridgehead atoms. The van der Waals surface area contributed by atoms with Crippen LogP contribution in [0.3, 0.4) is 0 Å². The maximum Gasteiger partial charge on any atom is 0.408 e. The van der Waals surface area contributed by atoms with Gasteiger partial charge >= 0.3 is 6.09 Å². The summed E-state index contributed by atoms with van der Waals surface area (Å²) in [6, 6.07) is 1.88. The molecule has 0 fully saturated rings. The molecule has 0 aromatic heterocycles. The van der Waals surface area contributed by atoms with Crippen molar-refractivity contribution in [2.45, 2.75) is 38.8 Å². The summed E-state index contributed by atoms with van der Waals surface area (Å²) in [6.07, 6.45) is -0.459. The molecule has 6 heteroatoms. The largest absolute Gasteiger partial charge is 0.444 e. The Morgan fingerprint density at radius 2 is 2.05 bits per heavy atom. The van der Waals surface area contributed by atoms with Gasteiger partial charge in [0, 0.05) is 12.0 Å². The van der Waals surface area contributed by atoms with Gasteiger partial charge in [-0.15, -0.1) is 0 Å². The number of aldehydes is 1. The average Bonchev–Trinajstić information content (AvgIpc) is 2.29. The van der Waals surface area contributed by atoms with E-state index >= 15 is 0 Å². The second kappa shape index (κ2) is 6.45. The molecule has 0 heterocycles. The summed E-state index contributed by atoms with van der Waals surface area (Å²) in [5.41, 5.74) is -0.820. The normalized spacial score (nSPS) is 12.7. The molecule has 0 aliphatic heterocycles. The molecular weight excluding hydrogens is 268 g/mol. The molecule has 0 aliphatic carbocycles. The fourth-order valence-corrected chi connectivity index (χ4v) is 1.59. The molecule has 1 N–H and O–H groups in total. The highest BCUT2D eigenvalue weighted by Crippen LogP contribution is 2.21. The van der Waals surface area contributed by atoms with Gasteiger partial charge in [0.1, 0.15) is 23.5 Å². The zero-order valence-corrected chi connectivity index (χ0v) is 11.6. The van der Waals surface area contributed by atoms with Gasteiger partial charge in [0.15, 0.2) is 0 Å². The van der Waals surface area contributed by atoms with Crippen molar-refractivity contribution in [3.63, 3.8) is 0 Å². The molecule has 0 unspecified atom stereocenters. The second-order valence-corrected chi connectivity index (χ2v) is 5.27. The van der Waals surface area contributed by atoms with Crippen molar-refractivity contribution >= 4 is 12.4 Å². The number of carbonyl (C=O) groups excluding carboxylic acids is 2. The van der Waals surface area contributed by atoms with Gasteiger partial charge in [-0.3, -0.25) is 0 Å². The smallest absolute Gasteiger partial charge is 0.408 e. The Hall–Kier alpha value is -1.98. The molecule has 0 saturated carbocycles. The van der Waals surface area contributed by atoms with E-state index in [0.717, 1.165) is 18.2 Å². The molecule has 0 radical (unpaired) electrons. The summed E-state index contributed by atoms with van der Waals surface area (Å²) in [7, 11) is 0. The Labute approximate surface area is 116 Å². The van der Waals surface area contributed by atoms with Crippen LogP contribution in [0.5, 0.6) is 0 Å². The number of halogens is 2. The van der Waals surface area contributed by atoms with E-state index in [4.69, 9.17) is 4.74 Å². The second-order valence-electron chi connectivity index (χ2n) is 5.27. The Kier molecular flexibility index (Phi) is 5.19. The summed E-state index contributed by atoms with van der Waals surface area (Å²) >= 11 is 0. The lowest BCUT2D eigenvalue weighted by atomic mass is 10.0. The van der Waals surface area contributed by atoms with Crippen LogP contribution in [-0.4, -0.2) is 18.0 Å². The van der Waals surface area contributed by atoms with Crippen molar-refractivity contribution in [2.75, 3.05) is 0 Å². The van der Waals surface area contributed by atoms with E-state index in [-0.39, 0.29) is 12.0 Å². The first-order valence-corrected chi connectivity index (χ1v) is 6.11. The third-order valence-electron chi connectivity index (χ3n) is 2.36. The first-order valence-electron chi connectivity index (χ1n) is 6.11. The van der Waals surface area contributed by atoms with E-state index in [1.807, 2.05) is 0 Å². The van der Waals surface area contributed by atoms with Gasteiger partial charge in [-0.25, -0.2) is 13.6 Å². The summed E-state index contributed by atoms with van der Waals surface area (Å²) in [6.45, 7) is 5.01. The molecule has 1 amide bonds. The Bertz CT molecular complexity index is 498. The van der Waals surface area contributed by atoms with Crippen molar-refractivity contribution < 1.29 is 23.1 Å². The number of alkyl carbamates (subject to hydrolysis) is 1. The molecule has 1 aromatic rings. The number of nitrogens with one attached hydrogen (secondary N) is 1. The van der Waals surface area contributed by atoms with Gasteiger partial charge in [-0.2, -0.15) is 0 Å². The van der Waals surface area contributed by atoms with E-state index in [0.29, 0.717) is 6.29 Å². The first kappa shape index (κ1) is 16.1. The highest BCUT2D eigenvalue weighted by molar-refractivity contribution is 5.69. The lowest BCUT2D eigenvalue weighted by Crippen LogP contribution is -2.35. The first-order chi connectivity index (χ1) is 9.23. The maximum absolute atomic E-state index is 13.7. The van der Waals surface area contributed by atoms with Crippen molar-refractivity contribution in [1.29, 1.82) is 0 Å². The van der Waals surface area contributed by atoms with Gasteiger partial charge in [0.2, 0.25) is 0 Å². The predicted molar refractivity (Wildman–Crippen MR) is 69.1 cm³/mol. The molecule has 20 heavy (non-hydrogen) atoms. The number of benzene rings is 1. The third kappa shape index (κ3) is 4.95. The topological polar surface area (TPSA) is 55.4 Å². The minimum Gasteiger partial charge on any atom is -0.444 e. The van der Waals surface area contributed by atoms with Gasteiger partial charge in [-0.1, -0.05) is 0 Å². The summed E-state index contributed by atoms with van der Waals surface area (Å²) in [4.78, 5) is 22.3. The quantitative estimate of drug-likeness (QED) is 0.865. The number of rotatable bonds is 4. The van der Waals surface area contributed by atoms with Crippen LogP contribution in [0.4, 0.5) is 13.6 Å². The summed E-state index contributed by atoms with van der Waals surface area (Å²) in [5, 5.41) is 2.36. The van der Waals surface area contributed by atoms with Crippen LogP contribution in [-0.2, 0) is 9.53 Å². The zero-order chi connectivity index (χ0) is 15.3. The highest BCUT2D eigenvalue weighted by atomic mass is 19.1. The lowest BCUT2D eigenvalue weighted by Gasteiger charge is -2.23. The highest BCUT2D eigenvalue weighted by Gasteiger charge is 2.22. The molecule has 1 aromatic carbocycles. The van der Waals surface area contributed by atoms with E-state index < -0.39 is 29.4 Å². The SMILES string of the molecule is CC(C)(C)OC(=O)N[C@H](CC=O)c1cc(F)ccc1F. The maximum atomic E-state index is 13.7. The van der Waals surface area contributed by atoms with Crippen molar-refractivity contribution in [3.8, 4) is 0 Å². The van der Waals surface area contributed by atoms with Crippen LogP contribution in [0, 0.1) is 11.6 Å². The average molecular weight is 285 g/mol. The van der Waals surface area contributed by atoms with Crippen LogP contribution >= 0.6 is 0 Å². The number of amides is 1. The molecule has 110 valence electrons. The molecule has 4 nitrogen and oxygen atoms in total. The predicted octanol–water partition coefficient (Wildman–Crippen LogP) is 3.12. The third-order valence-corrected chi connectivity index (χ3v) is 2.36. The van der Waals surface area contributed by atoms with Crippen LogP contribution in [0.25, 0.3) is 0 Å². The van der Waals surface area contributed by atoms with Crippen LogP contribution in [0.15, 0.2) is 18.2 Å². The minimum absolute atomic E-state index is 0.0945. The van der Waals surface area contributed by atoms with Gasteiger partial charge < -0.3 is 14.8 Å². The fraction of sp³-hybridized carbons (Fsp3) is 0.429. The summed E-state index contributed by atoms with van der Waals surface area (Å²) < 4.78 is 31.8. The van der Waals surface area contributed by atoms with Crippen LogP contribution in [0.1, 0.15) is 38.8 Å². The van der Waals surface area contributed by atoms with Gasteiger partial charge in [-0.05, 0) is 39.0 Å². The Morgan fingerprint density at radius 1 is 1.40 bits per heavy atom. The van der Waals surface area contributed by atoms with Crippen LogP contribution < -0.4 is 5.32 Å². The lowest BCUT2D eigenvalue weighted by molar-refractivity contribution is -0.108. The standard InChI is InChI=1S/C14H17F2NO3/c1-14(2,3)20-13(19)17-12(6-7-18)10-8-9(15)4-5-11(10)16/h4-5,7-8,12H,6H2,1-3H3,(H,17,19)/t12-/m1/s1. The number of hydrogen-bond donors (Lipinski definition) is 1. The van der Waals surface area contributed by atoms with Crippen molar-refractivity contribution in [3.05, 3.63) is 35.4 Å². The zero-order valence-electron chi connectivity index (χ0n) is 11.6. The molecule has 0 spiro atoms.